The number of hydrogen-bond acceptors (Lipinski definition) is 4. The fourth-order valence-electron chi connectivity index (χ4n) is 7.02. The third-order valence-electron chi connectivity index (χ3n) is 10.7. The number of aromatic nitrogens is 2. The van der Waals surface area contributed by atoms with Crippen LogP contribution in [0.4, 0.5) is 0 Å². The molecule has 0 N–H and O–H groups in total. The summed E-state index contributed by atoms with van der Waals surface area (Å²) in [4.78, 5) is 31.1. The van der Waals surface area contributed by atoms with Crippen molar-refractivity contribution in [3.63, 3.8) is 0 Å². The molecule has 2 aromatic carbocycles. The Morgan fingerprint density at radius 3 is 1.50 bits per heavy atom. The molecule has 274 valence electrons. The van der Waals surface area contributed by atoms with Gasteiger partial charge in [0, 0.05) is 45.4 Å². The Morgan fingerprint density at radius 2 is 1.08 bits per heavy atom. The summed E-state index contributed by atoms with van der Waals surface area (Å²) in [5, 5.41) is 1.81. The Hall–Kier alpha value is -4.00. The number of allylic oxidation sites excluding steroid dienone is 1. The van der Waals surface area contributed by atoms with Gasteiger partial charge < -0.3 is 9.13 Å². The third kappa shape index (κ3) is 7.70. The molecular formula is C46H56N2O2S2. The maximum absolute atomic E-state index is 13.2. The van der Waals surface area contributed by atoms with Crippen molar-refractivity contribution in [1.82, 2.24) is 9.13 Å². The summed E-state index contributed by atoms with van der Waals surface area (Å²) in [5.74, 6) is 0.467. The Labute approximate surface area is 318 Å². The van der Waals surface area contributed by atoms with Gasteiger partial charge in [0.25, 0.3) is 0 Å². The molecule has 0 bridgehead atoms. The van der Waals surface area contributed by atoms with Crippen molar-refractivity contribution in [3.05, 3.63) is 139 Å². The number of aryl methyl sites for hydroxylation is 8. The Kier molecular flexibility index (Phi) is 11.7. The van der Waals surface area contributed by atoms with Gasteiger partial charge in [-0.05, 0) is 140 Å². The molecule has 52 heavy (non-hydrogen) atoms. The van der Waals surface area contributed by atoms with E-state index in [-0.39, 0.29) is 10.9 Å². The highest BCUT2D eigenvalue weighted by Gasteiger charge is 2.21. The zero-order chi connectivity index (χ0) is 38.3. The molecule has 0 unspecified atom stereocenters. The van der Waals surface area contributed by atoms with E-state index in [0.29, 0.717) is 5.92 Å². The number of benzene rings is 2. The van der Waals surface area contributed by atoms with Gasteiger partial charge in [-0.1, -0.05) is 61.9 Å². The van der Waals surface area contributed by atoms with Gasteiger partial charge in [0.05, 0.1) is 10.8 Å². The van der Waals surface area contributed by atoms with Crippen LogP contribution in [0.3, 0.4) is 0 Å². The summed E-state index contributed by atoms with van der Waals surface area (Å²) in [7, 11) is 0. The van der Waals surface area contributed by atoms with Gasteiger partial charge in [0.15, 0.2) is 10.9 Å². The topological polar surface area (TPSA) is 44.0 Å². The van der Waals surface area contributed by atoms with Crippen molar-refractivity contribution in [2.75, 3.05) is 0 Å². The predicted molar refractivity (Wildman–Crippen MR) is 228 cm³/mol. The minimum atomic E-state index is 0.164. The highest BCUT2D eigenvalue weighted by atomic mass is 32.1. The van der Waals surface area contributed by atoms with Crippen molar-refractivity contribution in [1.29, 1.82) is 0 Å². The van der Waals surface area contributed by atoms with Crippen molar-refractivity contribution >= 4 is 49.2 Å². The third-order valence-corrected chi connectivity index (χ3v) is 13.2. The molecule has 0 spiro atoms. The first-order valence-corrected chi connectivity index (χ1v) is 20.1. The molecular weight excluding hydrogens is 677 g/mol. The van der Waals surface area contributed by atoms with Gasteiger partial charge >= 0.3 is 0 Å². The van der Waals surface area contributed by atoms with Crippen molar-refractivity contribution in [2.45, 2.75) is 116 Å². The Bertz CT molecular complexity index is 2480. The monoisotopic (exact) mass is 732 g/mol. The average Bonchev–Trinajstić information content (AvgIpc) is 3.54. The summed E-state index contributed by atoms with van der Waals surface area (Å²) >= 11 is 3.48. The Balaban J connectivity index is 0.000000201. The zero-order valence-corrected chi connectivity index (χ0v) is 35.4. The quantitative estimate of drug-likeness (QED) is 0.164. The molecule has 0 fully saturated rings. The fraction of sp³-hybridized carbons (Fsp3) is 0.391. The van der Waals surface area contributed by atoms with E-state index in [9.17, 15) is 9.59 Å². The first-order valence-electron chi connectivity index (χ1n) is 18.4. The summed E-state index contributed by atoms with van der Waals surface area (Å²) < 4.78 is 4.68. The first-order chi connectivity index (χ1) is 24.4. The summed E-state index contributed by atoms with van der Waals surface area (Å²) in [6.07, 6.45) is 2.86. The minimum absolute atomic E-state index is 0.164. The van der Waals surface area contributed by atoms with E-state index in [1.54, 1.807) is 22.7 Å². The molecule has 0 radical (unpaired) electrons. The normalized spacial score (nSPS) is 11.4. The number of nitrogens with zero attached hydrogens (tertiary/aromatic N) is 2. The molecule has 4 heterocycles. The molecule has 4 aromatic heterocycles. The molecule has 0 amide bonds. The number of rotatable bonds is 7. The molecule has 0 saturated heterocycles. The smallest absolute Gasteiger partial charge is 0.198 e. The predicted octanol–water partition coefficient (Wildman–Crippen LogP) is 11.9. The Morgan fingerprint density at radius 1 is 0.635 bits per heavy atom. The van der Waals surface area contributed by atoms with Gasteiger partial charge in [-0.25, -0.2) is 0 Å². The van der Waals surface area contributed by atoms with Crippen LogP contribution < -0.4 is 10.9 Å². The molecule has 0 saturated carbocycles. The van der Waals surface area contributed by atoms with Crippen LogP contribution in [0.15, 0.2) is 51.6 Å². The highest BCUT2D eigenvalue weighted by Crippen LogP contribution is 2.32. The van der Waals surface area contributed by atoms with Crippen LogP contribution in [-0.2, 0) is 19.5 Å². The maximum atomic E-state index is 13.2. The van der Waals surface area contributed by atoms with E-state index in [1.165, 1.54) is 43.1 Å². The number of pyridine rings is 2. The number of hydrogen-bond donors (Lipinski definition) is 0. The fourth-order valence-corrected chi connectivity index (χ4v) is 9.43. The highest BCUT2D eigenvalue weighted by molar-refractivity contribution is 7.19. The van der Waals surface area contributed by atoms with Crippen LogP contribution in [0.2, 0.25) is 0 Å². The lowest BCUT2D eigenvalue weighted by Crippen LogP contribution is -2.20. The zero-order valence-electron chi connectivity index (χ0n) is 33.8. The second-order valence-corrected chi connectivity index (χ2v) is 17.9. The van der Waals surface area contributed by atoms with Crippen LogP contribution in [0.1, 0.15) is 104 Å². The van der Waals surface area contributed by atoms with Crippen molar-refractivity contribution in [3.8, 4) is 0 Å². The SMILES string of the molecule is CC(C)=Cc1c(C)n(Cc2ccc(C)c(C)c2)c2sc(C)c(C)c2c1=O.Cc1ccc(Cn2c(C)c(CC(C)C)c(=O)c3c(C)c(C)sc32)cc1C. The number of fused-ring (bicyclic) bond motifs is 2. The van der Waals surface area contributed by atoms with Crippen LogP contribution in [0.5, 0.6) is 0 Å². The van der Waals surface area contributed by atoms with Gasteiger partial charge in [0.2, 0.25) is 0 Å². The molecule has 6 aromatic rings. The average molecular weight is 733 g/mol. The second kappa shape index (κ2) is 15.5. The first kappa shape index (κ1) is 39.2. The summed E-state index contributed by atoms with van der Waals surface area (Å²) in [6, 6.07) is 13.3. The standard InChI is InChI=1S/C23H29NOS.C23H27NOS/c2*1-13(2)10-20-17(6)24(12-19-9-8-14(3)15(4)11-19)23-21(22(20)25)16(5)18(7)26-23/h8-9,11,13H,10,12H2,1-7H3;8-11H,12H2,1-7H3. The van der Waals surface area contributed by atoms with Crippen molar-refractivity contribution in [2.24, 2.45) is 5.92 Å². The summed E-state index contributed by atoms with van der Waals surface area (Å²) in [6.45, 7) is 31.2. The van der Waals surface area contributed by atoms with Crippen LogP contribution >= 0.6 is 22.7 Å². The van der Waals surface area contributed by atoms with Gasteiger partial charge in [-0.3, -0.25) is 9.59 Å². The minimum Gasteiger partial charge on any atom is -0.332 e. The molecule has 6 heteroatoms. The van der Waals surface area contributed by atoms with E-state index >= 15 is 0 Å². The lowest BCUT2D eigenvalue weighted by Gasteiger charge is -2.18. The van der Waals surface area contributed by atoms with E-state index < -0.39 is 0 Å². The summed E-state index contributed by atoms with van der Waals surface area (Å²) in [5.41, 5.74) is 15.6. The van der Waals surface area contributed by atoms with E-state index in [2.05, 4.69) is 129 Å². The maximum Gasteiger partial charge on any atom is 0.198 e. The molecule has 0 atom stereocenters. The number of thiophene rings is 2. The molecule has 6 rings (SSSR count). The largest absolute Gasteiger partial charge is 0.332 e. The van der Waals surface area contributed by atoms with Crippen LogP contribution in [0.25, 0.3) is 26.5 Å². The van der Waals surface area contributed by atoms with Crippen LogP contribution in [0, 0.1) is 75.2 Å². The van der Waals surface area contributed by atoms with Crippen LogP contribution in [-0.4, -0.2) is 9.13 Å². The molecule has 0 aliphatic rings. The van der Waals surface area contributed by atoms with Gasteiger partial charge in [-0.2, -0.15) is 0 Å². The molecule has 0 aliphatic carbocycles. The van der Waals surface area contributed by atoms with E-state index in [4.69, 9.17) is 0 Å². The van der Waals surface area contributed by atoms with E-state index in [1.807, 2.05) is 19.9 Å². The van der Waals surface area contributed by atoms with Crippen molar-refractivity contribution < 1.29 is 0 Å². The molecule has 0 aliphatic heterocycles. The van der Waals surface area contributed by atoms with Gasteiger partial charge in [-0.15, -0.1) is 22.7 Å². The van der Waals surface area contributed by atoms with Gasteiger partial charge in [0.1, 0.15) is 9.66 Å². The lowest BCUT2D eigenvalue weighted by atomic mass is 9.98. The van der Waals surface area contributed by atoms with E-state index in [0.717, 1.165) is 79.2 Å². The second-order valence-electron chi connectivity index (χ2n) is 15.5. The lowest BCUT2D eigenvalue weighted by molar-refractivity contribution is 0.633. The molecule has 4 nitrogen and oxygen atoms in total.